The van der Waals surface area contributed by atoms with Gasteiger partial charge in [-0.05, 0) is 30.9 Å². The van der Waals surface area contributed by atoms with Crippen LogP contribution in [0.15, 0.2) is 30.3 Å². The minimum Gasteiger partial charge on any atom is -0.351 e. The second kappa shape index (κ2) is 8.03. The molecule has 1 heterocycles. The standard InChI is InChI=1S/C17H27N3O/c1-2-7-16(15-8-4-3-5-9-15)14-19-10-6-11-20(13-12-19)17(18)21/h3-5,8-9,16H,2,6-7,10-14H2,1H3,(H2,18,21)/t16-/m0/s1. The van der Waals surface area contributed by atoms with Crippen molar-refractivity contribution < 1.29 is 4.79 Å². The van der Waals surface area contributed by atoms with Crippen LogP contribution in [0, 0.1) is 0 Å². The van der Waals surface area contributed by atoms with E-state index in [9.17, 15) is 4.79 Å². The van der Waals surface area contributed by atoms with Gasteiger partial charge < -0.3 is 15.5 Å². The van der Waals surface area contributed by atoms with E-state index in [0.29, 0.717) is 5.92 Å². The van der Waals surface area contributed by atoms with Crippen molar-refractivity contribution >= 4 is 6.03 Å². The second-order valence-electron chi connectivity index (χ2n) is 5.88. The van der Waals surface area contributed by atoms with Crippen molar-refractivity contribution in [2.75, 3.05) is 32.7 Å². The number of rotatable bonds is 5. The summed E-state index contributed by atoms with van der Waals surface area (Å²) < 4.78 is 0. The molecule has 2 amide bonds. The van der Waals surface area contributed by atoms with E-state index in [2.05, 4.69) is 42.2 Å². The van der Waals surface area contributed by atoms with E-state index in [1.54, 1.807) is 4.90 Å². The minimum absolute atomic E-state index is 0.287. The maximum Gasteiger partial charge on any atom is 0.314 e. The first kappa shape index (κ1) is 15.8. The number of nitrogens with two attached hydrogens (primary N) is 1. The number of hydrogen-bond acceptors (Lipinski definition) is 2. The second-order valence-corrected chi connectivity index (χ2v) is 5.88. The summed E-state index contributed by atoms with van der Waals surface area (Å²) in [6.07, 6.45) is 3.41. The first-order valence-corrected chi connectivity index (χ1v) is 8.02. The highest BCUT2D eigenvalue weighted by atomic mass is 16.2. The molecule has 4 heteroatoms. The summed E-state index contributed by atoms with van der Waals surface area (Å²) in [6, 6.07) is 10.5. The van der Waals surface area contributed by atoms with Crippen LogP contribution in [0.1, 0.15) is 37.7 Å². The molecule has 4 nitrogen and oxygen atoms in total. The fourth-order valence-electron chi connectivity index (χ4n) is 3.12. The van der Waals surface area contributed by atoms with Crippen molar-refractivity contribution in [2.24, 2.45) is 5.73 Å². The Hall–Kier alpha value is -1.55. The number of amides is 2. The van der Waals surface area contributed by atoms with Crippen LogP contribution in [0.3, 0.4) is 0 Å². The smallest absolute Gasteiger partial charge is 0.314 e. The van der Waals surface area contributed by atoms with Gasteiger partial charge in [0.25, 0.3) is 0 Å². The Morgan fingerprint density at radius 3 is 2.62 bits per heavy atom. The SMILES string of the molecule is CCC[C@@H](CN1CCCN(C(N)=O)CC1)c1ccccc1. The zero-order valence-electron chi connectivity index (χ0n) is 13.0. The van der Waals surface area contributed by atoms with Crippen LogP contribution in [0.5, 0.6) is 0 Å². The average Bonchev–Trinajstić information content (AvgIpc) is 2.73. The van der Waals surface area contributed by atoms with Gasteiger partial charge in [0.05, 0.1) is 0 Å². The number of carbonyl (C=O) groups is 1. The molecule has 0 saturated carbocycles. The summed E-state index contributed by atoms with van der Waals surface area (Å²) in [5, 5.41) is 0. The lowest BCUT2D eigenvalue weighted by atomic mass is 9.94. The molecule has 0 radical (unpaired) electrons. The molecule has 1 saturated heterocycles. The molecule has 0 bridgehead atoms. The molecule has 0 unspecified atom stereocenters. The van der Waals surface area contributed by atoms with Gasteiger partial charge in [0.15, 0.2) is 0 Å². The summed E-state index contributed by atoms with van der Waals surface area (Å²) in [5.74, 6) is 0.580. The molecule has 1 aliphatic heterocycles. The molecule has 21 heavy (non-hydrogen) atoms. The number of carbonyl (C=O) groups excluding carboxylic acids is 1. The molecule has 1 fully saturated rings. The number of benzene rings is 1. The summed E-state index contributed by atoms with van der Waals surface area (Å²) in [4.78, 5) is 15.5. The molecule has 1 aromatic rings. The van der Waals surface area contributed by atoms with E-state index in [4.69, 9.17) is 5.73 Å². The molecular weight excluding hydrogens is 262 g/mol. The van der Waals surface area contributed by atoms with Crippen molar-refractivity contribution in [3.63, 3.8) is 0 Å². The van der Waals surface area contributed by atoms with E-state index in [1.807, 2.05) is 0 Å². The van der Waals surface area contributed by atoms with Crippen molar-refractivity contribution in [1.29, 1.82) is 0 Å². The lowest BCUT2D eigenvalue weighted by Crippen LogP contribution is -2.39. The Morgan fingerprint density at radius 2 is 1.95 bits per heavy atom. The van der Waals surface area contributed by atoms with E-state index >= 15 is 0 Å². The van der Waals surface area contributed by atoms with Gasteiger partial charge in [-0.3, -0.25) is 0 Å². The molecule has 2 N–H and O–H groups in total. The Kier molecular flexibility index (Phi) is 6.05. The predicted molar refractivity (Wildman–Crippen MR) is 86.3 cm³/mol. The maximum atomic E-state index is 11.3. The largest absolute Gasteiger partial charge is 0.351 e. The molecule has 1 aliphatic rings. The van der Waals surface area contributed by atoms with Gasteiger partial charge in [0.1, 0.15) is 0 Å². The van der Waals surface area contributed by atoms with Crippen molar-refractivity contribution in [3.8, 4) is 0 Å². The Bertz CT molecular complexity index is 435. The Labute approximate surface area is 127 Å². The number of primary amides is 1. The van der Waals surface area contributed by atoms with Crippen LogP contribution in [-0.4, -0.2) is 48.6 Å². The van der Waals surface area contributed by atoms with E-state index in [0.717, 1.165) is 39.1 Å². The lowest BCUT2D eigenvalue weighted by molar-refractivity contribution is 0.206. The van der Waals surface area contributed by atoms with Gasteiger partial charge in [-0.1, -0.05) is 43.7 Å². The van der Waals surface area contributed by atoms with E-state index in [-0.39, 0.29) is 6.03 Å². The lowest BCUT2D eigenvalue weighted by Gasteiger charge is -2.26. The number of urea groups is 1. The highest BCUT2D eigenvalue weighted by Gasteiger charge is 2.20. The topological polar surface area (TPSA) is 49.6 Å². The normalized spacial score (nSPS) is 18.2. The zero-order chi connectivity index (χ0) is 15.1. The molecule has 1 aromatic carbocycles. The van der Waals surface area contributed by atoms with Gasteiger partial charge in [0.2, 0.25) is 0 Å². The van der Waals surface area contributed by atoms with Gasteiger partial charge in [-0.2, -0.15) is 0 Å². The van der Waals surface area contributed by atoms with Crippen molar-refractivity contribution in [2.45, 2.75) is 32.1 Å². The summed E-state index contributed by atoms with van der Waals surface area (Å²) in [7, 11) is 0. The van der Waals surface area contributed by atoms with Crippen LogP contribution in [-0.2, 0) is 0 Å². The Balaban J connectivity index is 1.96. The molecule has 116 valence electrons. The van der Waals surface area contributed by atoms with Gasteiger partial charge in [0, 0.05) is 26.2 Å². The third kappa shape index (κ3) is 4.74. The van der Waals surface area contributed by atoms with Crippen molar-refractivity contribution in [1.82, 2.24) is 9.80 Å². The van der Waals surface area contributed by atoms with Crippen LogP contribution in [0.25, 0.3) is 0 Å². The minimum atomic E-state index is -0.287. The molecule has 1 atom stereocenters. The van der Waals surface area contributed by atoms with E-state index < -0.39 is 0 Å². The highest BCUT2D eigenvalue weighted by Crippen LogP contribution is 2.23. The third-order valence-corrected chi connectivity index (χ3v) is 4.29. The van der Waals surface area contributed by atoms with Crippen LogP contribution in [0.4, 0.5) is 4.79 Å². The Morgan fingerprint density at radius 1 is 1.19 bits per heavy atom. The highest BCUT2D eigenvalue weighted by molar-refractivity contribution is 5.71. The quantitative estimate of drug-likeness (QED) is 0.906. The summed E-state index contributed by atoms with van der Waals surface area (Å²) in [6.45, 7) is 6.84. The van der Waals surface area contributed by atoms with Gasteiger partial charge >= 0.3 is 6.03 Å². The first-order chi connectivity index (χ1) is 10.2. The number of nitrogens with zero attached hydrogens (tertiary/aromatic N) is 2. The molecule has 0 spiro atoms. The fourth-order valence-corrected chi connectivity index (χ4v) is 3.12. The third-order valence-electron chi connectivity index (χ3n) is 4.29. The van der Waals surface area contributed by atoms with Gasteiger partial charge in [-0.15, -0.1) is 0 Å². The predicted octanol–water partition coefficient (Wildman–Crippen LogP) is 2.66. The average molecular weight is 289 g/mol. The number of hydrogen-bond donors (Lipinski definition) is 1. The first-order valence-electron chi connectivity index (χ1n) is 8.02. The molecule has 2 rings (SSSR count). The van der Waals surface area contributed by atoms with E-state index in [1.165, 1.54) is 18.4 Å². The zero-order valence-corrected chi connectivity index (χ0v) is 13.0. The van der Waals surface area contributed by atoms with Crippen LogP contribution in [0.2, 0.25) is 0 Å². The van der Waals surface area contributed by atoms with Crippen LogP contribution >= 0.6 is 0 Å². The summed E-state index contributed by atoms with van der Waals surface area (Å²) >= 11 is 0. The monoisotopic (exact) mass is 289 g/mol. The molecule has 0 aliphatic carbocycles. The van der Waals surface area contributed by atoms with Gasteiger partial charge in [-0.25, -0.2) is 4.79 Å². The van der Waals surface area contributed by atoms with Crippen LogP contribution < -0.4 is 5.73 Å². The fraction of sp³-hybridized carbons (Fsp3) is 0.588. The van der Waals surface area contributed by atoms with Crippen molar-refractivity contribution in [3.05, 3.63) is 35.9 Å². The molecule has 0 aromatic heterocycles. The summed E-state index contributed by atoms with van der Waals surface area (Å²) in [5.41, 5.74) is 6.82. The molecular formula is C17H27N3O. The maximum absolute atomic E-state index is 11.3.